The van der Waals surface area contributed by atoms with Gasteiger partial charge in [-0.15, -0.1) is 0 Å². The minimum absolute atomic E-state index is 0.0736. The number of likely N-dealkylation sites (N-methyl/N-ethyl adjacent to an activating group) is 1. The Morgan fingerprint density at radius 1 is 1.05 bits per heavy atom. The maximum absolute atomic E-state index is 11.7. The van der Waals surface area contributed by atoms with E-state index in [9.17, 15) is 4.79 Å². The van der Waals surface area contributed by atoms with Crippen molar-refractivity contribution in [1.29, 1.82) is 0 Å². The number of anilines is 1. The summed E-state index contributed by atoms with van der Waals surface area (Å²) in [6.07, 6.45) is 1.02. The zero-order valence-electron chi connectivity index (χ0n) is 23.0. The quantitative estimate of drug-likeness (QED) is 0.333. The maximum atomic E-state index is 11.7. The van der Waals surface area contributed by atoms with Crippen molar-refractivity contribution in [3.05, 3.63) is 35.9 Å². The number of carbonyl (C=O) groups is 1. The molecule has 11 nitrogen and oxygen atoms in total. The number of hydrogen-bond acceptors (Lipinski definition) is 8. The van der Waals surface area contributed by atoms with Gasteiger partial charge in [0.2, 0.25) is 11.9 Å². The number of carbonyl (C=O) groups excluding carboxylic acids is 1. The summed E-state index contributed by atoms with van der Waals surface area (Å²) in [5.74, 6) is 3.25. The third-order valence-corrected chi connectivity index (χ3v) is 7.21. The fraction of sp³-hybridized carbons (Fsp3) is 0.519. The first-order valence-corrected chi connectivity index (χ1v) is 13.3. The molecule has 1 saturated heterocycles. The van der Waals surface area contributed by atoms with Crippen LogP contribution in [0.2, 0.25) is 0 Å². The Balaban J connectivity index is 1.58. The number of aryl methyl sites for hydroxylation is 2. The summed E-state index contributed by atoms with van der Waals surface area (Å²) in [5, 5.41) is 0. The molecule has 1 aliphatic heterocycles. The molecule has 3 aromatic heterocycles. The van der Waals surface area contributed by atoms with Crippen LogP contribution in [0.1, 0.15) is 31.9 Å². The van der Waals surface area contributed by atoms with Gasteiger partial charge in [0.1, 0.15) is 11.6 Å². The van der Waals surface area contributed by atoms with Gasteiger partial charge in [-0.2, -0.15) is 9.97 Å². The molecule has 4 aromatic rings. The van der Waals surface area contributed by atoms with E-state index in [1.165, 1.54) is 0 Å². The van der Waals surface area contributed by atoms with Crippen LogP contribution in [-0.2, 0) is 23.1 Å². The second-order valence-electron chi connectivity index (χ2n) is 9.91. The van der Waals surface area contributed by atoms with Crippen molar-refractivity contribution < 1.29 is 9.53 Å². The lowest BCUT2D eigenvalue weighted by molar-refractivity contribution is -0.127. The van der Waals surface area contributed by atoms with Crippen molar-refractivity contribution in [2.45, 2.75) is 33.7 Å². The Labute approximate surface area is 223 Å². The predicted molar refractivity (Wildman–Crippen MR) is 148 cm³/mol. The van der Waals surface area contributed by atoms with E-state index in [0.29, 0.717) is 32.3 Å². The molecule has 38 heavy (non-hydrogen) atoms. The van der Waals surface area contributed by atoms with Crippen LogP contribution in [0, 0.1) is 6.92 Å². The fourth-order valence-corrected chi connectivity index (χ4v) is 4.95. The lowest BCUT2D eigenvalue weighted by atomic mass is 10.3. The molecule has 0 unspecified atom stereocenters. The molecule has 0 N–H and O–H groups in total. The standard InChI is InChI=1S/C27H37N9O2/c1-6-11-34(13-12-32(4)20(3)37)18-23-29-24-25(33(23)5)30-27(31-26(24)35-14-16-38-17-15-35)36-19(2)28-21-9-7-8-10-22(21)36/h7-10H,6,11-18H2,1-5H3. The number of rotatable bonds is 9. The van der Waals surface area contributed by atoms with Gasteiger partial charge in [-0.3, -0.25) is 14.3 Å². The summed E-state index contributed by atoms with van der Waals surface area (Å²) >= 11 is 0. The molecular weight excluding hydrogens is 482 g/mol. The van der Waals surface area contributed by atoms with E-state index in [0.717, 1.165) is 72.3 Å². The summed E-state index contributed by atoms with van der Waals surface area (Å²) in [7, 11) is 3.87. The second-order valence-corrected chi connectivity index (χ2v) is 9.91. The number of hydrogen-bond donors (Lipinski definition) is 0. The third-order valence-electron chi connectivity index (χ3n) is 7.21. The van der Waals surface area contributed by atoms with E-state index < -0.39 is 0 Å². The molecule has 0 bridgehead atoms. The second kappa shape index (κ2) is 11.0. The molecule has 4 heterocycles. The first-order chi connectivity index (χ1) is 18.4. The van der Waals surface area contributed by atoms with Gasteiger partial charge in [0.15, 0.2) is 17.0 Å². The molecule has 202 valence electrons. The Morgan fingerprint density at radius 2 is 1.82 bits per heavy atom. The van der Waals surface area contributed by atoms with Crippen molar-refractivity contribution >= 4 is 33.9 Å². The van der Waals surface area contributed by atoms with Crippen molar-refractivity contribution in [3.63, 3.8) is 0 Å². The number of imidazole rings is 2. The topological polar surface area (TPSA) is 97.4 Å². The van der Waals surface area contributed by atoms with Crippen molar-refractivity contribution in [1.82, 2.24) is 38.9 Å². The van der Waals surface area contributed by atoms with Crippen LogP contribution in [0.5, 0.6) is 0 Å². The van der Waals surface area contributed by atoms with E-state index >= 15 is 0 Å². The molecular formula is C27H37N9O2. The molecule has 0 saturated carbocycles. The third kappa shape index (κ3) is 5.08. The largest absolute Gasteiger partial charge is 0.378 e. The summed E-state index contributed by atoms with van der Waals surface area (Å²) in [6.45, 7) is 11.6. The SMILES string of the molecule is CCCN(CCN(C)C(C)=O)Cc1nc2c(N3CCOCC3)nc(-n3c(C)nc4ccccc43)nc2n1C. The fourth-order valence-electron chi connectivity index (χ4n) is 4.95. The molecule has 1 fully saturated rings. The number of aromatic nitrogens is 6. The van der Waals surface area contributed by atoms with Crippen molar-refractivity contribution in [2.24, 2.45) is 7.05 Å². The van der Waals surface area contributed by atoms with Crippen LogP contribution in [-0.4, -0.2) is 97.8 Å². The average Bonchev–Trinajstić information content (AvgIpc) is 3.42. The summed E-state index contributed by atoms with van der Waals surface area (Å²) in [4.78, 5) is 38.0. The Morgan fingerprint density at radius 3 is 2.55 bits per heavy atom. The number of amides is 1. The van der Waals surface area contributed by atoms with Crippen LogP contribution in [0.25, 0.3) is 28.1 Å². The number of nitrogens with zero attached hydrogens (tertiary/aromatic N) is 9. The van der Waals surface area contributed by atoms with Gasteiger partial charge in [0.25, 0.3) is 0 Å². The van der Waals surface area contributed by atoms with Gasteiger partial charge in [-0.25, -0.2) is 9.97 Å². The Bertz CT molecular complexity index is 1440. The minimum Gasteiger partial charge on any atom is -0.378 e. The summed E-state index contributed by atoms with van der Waals surface area (Å²) in [5.41, 5.74) is 3.48. The minimum atomic E-state index is 0.0736. The van der Waals surface area contributed by atoms with Gasteiger partial charge >= 0.3 is 0 Å². The highest BCUT2D eigenvalue weighted by molar-refractivity contribution is 5.86. The Kier molecular flexibility index (Phi) is 7.57. The van der Waals surface area contributed by atoms with Crippen molar-refractivity contribution in [3.8, 4) is 5.95 Å². The van der Waals surface area contributed by atoms with E-state index in [-0.39, 0.29) is 5.91 Å². The van der Waals surface area contributed by atoms with E-state index in [2.05, 4.69) is 21.3 Å². The Hall–Kier alpha value is -3.57. The van der Waals surface area contributed by atoms with E-state index in [1.54, 1.807) is 11.8 Å². The molecule has 0 radical (unpaired) electrons. The number of para-hydroxylation sites is 2. The lowest BCUT2D eigenvalue weighted by Crippen LogP contribution is -2.37. The molecule has 0 spiro atoms. The molecule has 1 amide bonds. The average molecular weight is 520 g/mol. The molecule has 0 aliphatic carbocycles. The highest BCUT2D eigenvalue weighted by atomic mass is 16.5. The van der Waals surface area contributed by atoms with Crippen molar-refractivity contribution in [2.75, 3.05) is 57.9 Å². The molecule has 1 aliphatic rings. The van der Waals surface area contributed by atoms with Crippen LogP contribution in [0.4, 0.5) is 5.82 Å². The number of fused-ring (bicyclic) bond motifs is 2. The normalized spacial score (nSPS) is 14.2. The van der Waals surface area contributed by atoms with Gasteiger partial charge in [-0.05, 0) is 32.0 Å². The first-order valence-electron chi connectivity index (χ1n) is 13.3. The summed E-state index contributed by atoms with van der Waals surface area (Å²) < 4.78 is 9.72. The molecule has 11 heteroatoms. The molecule has 5 rings (SSSR count). The number of ether oxygens (including phenoxy) is 1. The van der Waals surface area contributed by atoms with Gasteiger partial charge < -0.3 is 19.1 Å². The summed E-state index contributed by atoms with van der Waals surface area (Å²) in [6, 6.07) is 8.06. The van der Waals surface area contributed by atoms with Gasteiger partial charge in [0, 0.05) is 47.2 Å². The maximum Gasteiger partial charge on any atom is 0.239 e. The van der Waals surface area contributed by atoms with Crippen LogP contribution >= 0.6 is 0 Å². The van der Waals surface area contributed by atoms with Crippen LogP contribution in [0.15, 0.2) is 24.3 Å². The first kappa shape index (κ1) is 26.1. The van der Waals surface area contributed by atoms with Crippen LogP contribution < -0.4 is 4.90 Å². The highest BCUT2D eigenvalue weighted by Crippen LogP contribution is 2.28. The van der Waals surface area contributed by atoms with E-state index in [4.69, 9.17) is 24.7 Å². The zero-order valence-corrected chi connectivity index (χ0v) is 23.0. The smallest absolute Gasteiger partial charge is 0.239 e. The molecule has 1 aromatic carbocycles. The number of benzene rings is 1. The monoisotopic (exact) mass is 519 g/mol. The lowest BCUT2D eigenvalue weighted by Gasteiger charge is -2.28. The highest BCUT2D eigenvalue weighted by Gasteiger charge is 2.24. The van der Waals surface area contributed by atoms with Gasteiger partial charge in [-0.1, -0.05) is 19.1 Å². The van der Waals surface area contributed by atoms with Gasteiger partial charge in [0.05, 0.1) is 30.8 Å². The molecule has 0 atom stereocenters. The van der Waals surface area contributed by atoms with Crippen LogP contribution in [0.3, 0.4) is 0 Å². The number of morpholine rings is 1. The zero-order chi connectivity index (χ0) is 26.8. The van der Waals surface area contributed by atoms with E-state index in [1.807, 2.05) is 49.9 Å². The predicted octanol–water partition coefficient (Wildman–Crippen LogP) is 2.54.